The molecular formula is C8H17NaO2. The minimum atomic E-state index is -0.750. The van der Waals surface area contributed by atoms with Gasteiger partial charge in [0.15, 0.2) is 0 Å². The second-order valence-corrected chi connectivity index (χ2v) is 3.43. The van der Waals surface area contributed by atoms with Gasteiger partial charge in [0.2, 0.25) is 0 Å². The van der Waals surface area contributed by atoms with E-state index >= 15 is 0 Å². The second-order valence-electron chi connectivity index (χ2n) is 3.43. The van der Waals surface area contributed by atoms with E-state index in [0.29, 0.717) is 0 Å². The molecule has 0 aromatic carbocycles. The van der Waals surface area contributed by atoms with Gasteiger partial charge in [0.05, 0.1) is 0 Å². The van der Waals surface area contributed by atoms with E-state index < -0.39 is 5.60 Å². The van der Waals surface area contributed by atoms with Crippen LogP contribution in [0.25, 0.3) is 0 Å². The first-order valence-corrected chi connectivity index (χ1v) is 3.78. The van der Waals surface area contributed by atoms with Crippen molar-refractivity contribution in [2.45, 2.75) is 39.2 Å². The molecule has 1 fully saturated rings. The maximum Gasteiger partial charge on any atom is 1.00 e. The topological polar surface area (TPSA) is 32.3 Å². The zero-order chi connectivity index (χ0) is 8.04. The normalized spacial score (nSPS) is 16.4. The van der Waals surface area contributed by atoms with Crippen LogP contribution in [0.15, 0.2) is 0 Å². The smallest absolute Gasteiger partial charge is 0.850 e. The van der Waals surface area contributed by atoms with Gasteiger partial charge in [-0.05, 0) is 12.8 Å². The number of hydrogen-bond acceptors (Lipinski definition) is 2. The van der Waals surface area contributed by atoms with Crippen LogP contribution in [0.2, 0.25) is 0 Å². The fourth-order valence-electron chi connectivity index (χ4n) is 0.510. The monoisotopic (exact) mass is 168 g/mol. The molecule has 0 aromatic rings. The van der Waals surface area contributed by atoms with Crippen LogP contribution in [0.5, 0.6) is 0 Å². The van der Waals surface area contributed by atoms with Crippen molar-refractivity contribution in [3.05, 3.63) is 0 Å². The third-order valence-electron chi connectivity index (χ3n) is 0.827. The van der Waals surface area contributed by atoms with E-state index in [9.17, 15) is 5.11 Å². The van der Waals surface area contributed by atoms with Crippen LogP contribution in [0.3, 0.4) is 0 Å². The molecule has 0 N–H and O–H groups in total. The first kappa shape index (κ1) is 14.4. The van der Waals surface area contributed by atoms with Gasteiger partial charge in [-0.3, -0.25) is 0 Å². The zero-order valence-electron chi connectivity index (χ0n) is 8.14. The molecular weight excluding hydrogens is 151 g/mol. The number of hydrogen-bond donors (Lipinski definition) is 0. The summed E-state index contributed by atoms with van der Waals surface area (Å²) in [6, 6.07) is 0. The molecule has 1 rings (SSSR count). The Kier molecular flexibility index (Phi) is 9.93. The Morgan fingerprint density at radius 3 is 1.45 bits per heavy atom. The predicted molar refractivity (Wildman–Crippen MR) is 39.8 cm³/mol. The summed E-state index contributed by atoms with van der Waals surface area (Å²) in [4.78, 5) is 0. The van der Waals surface area contributed by atoms with Gasteiger partial charge in [-0.25, -0.2) is 0 Å². The van der Waals surface area contributed by atoms with Crippen LogP contribution in [0.4, 0.5) is 0 Å². The van der Waals surface area contributed by atoms with E-state index in [1.165, 1.54) is 12.8 Å². The first-order chi connectivity index (χ1) is 4.50. The van der Waals surface area contributed by atoms with Crippen molar-refractivity contribution in [3.8, 4) is 0 Å². The fourth-order valence-corrected chi connectivity index (χ4v) is 0.510. The number of rotatable bonds is 0. The molecule has 0 saturated carbocycles. The molecule has 1 aliphatic heterocycles. The van der Waals surface area contributed by atoms with Gasteiger partial charge >= 0.3 is 29.6 Å². The summed E-state index contributed by atoms with van der Waals surface area (Å²) in [5.41, 5.74) is -0.750. The Labute approximate surface area is 91.6 Å². The SMILES string of the molecule is C1CCOC1.CC(C)(C)[O-].[Na+]. The Morgan fingerprint density at radius 2 is 1.36 bits per heavy atom. The summed E-state index contributed by atoms with van der Waals surface area (Å²) < 4.78 is 4.94. The summed E-state index contributed by atoms with van der Waals surface area (Å²) in [6.07, 6.45) is 2.56. The minimum absolute atomic E-state index is 0. The molecule has 0 aromatic heterocycles. The molecule has 11 heavy (non-hydrogen) atoms. The molecule has 2 nitrogen and oxygen atoms in total. The Hall–Kier alpha value is 0.920. The van der Waals surface area contributed by atoms with E-state index in [4.69, 9.17) is 4.74 Å². The molecule has 1 heterocycles. The van der Waals surface area contributed by atoms with Gasteiger partial charge in [-0.2, -0.15) is 0 Å². The van der Waals surface area contributed by atoms with Gasteiger partial charge in [0.1, 0.15) is 0 Å². The quantitative estimate of drug-likeness (QED) is 0.390. The third kappa shape index (κ3) is 24.8. The van der Waals surface area contributed by atoms with Crippen LogP contribution in [0.1, 0.15) is 33.6 Å². The van der Waals surface area contributed by atoms with Crippen molar-refractivity contribution in [3.63, 3.8) is 0 Å². The standard InChI is InChI=1S/C4H8O.C4H9O.Na/c1-2-4-5-3-1;1-4(2,3)5;/h1-4H2;1-3H3;/q;-1;+1. The molecule has 0 bridgehead atoms. The third-order valence-corrected chi connectivity index (χ3v) is 0.827. The molecule has 1 aliphatic rings. The molecule has 0 radical (unpaired) electrons. The van der Waals surface area contributed by atoms with Crippen LogP contribution < -0.4 is 34.7 Å². The van der Waals surface area contributed by atoms with E-state index in [1.54, 1.807) is 20.8 Å². The molecule has 0 atom stereocenters. The Morgan fingerprint density at radius 1 is 1.09 bits per heavy atom. The van der Waals surface area contributed by atoms with Gasteiger partial charge < -0.3 is 9.84 Å². The Bertz CT molecular complexity index is 61.0. The van der Waals surface area contributed by atoms with E-state index in [1.807, 2.05) is 0 Å². The van der Waals surface area contributed by atoms with E-state index in [-0.39, 0.29) is 29.6 Å². The van der Waals surface area contributed by atoms with Crippen molar-refractivity contribution in [1.82, 2.24) is 0 Å². The Balaban J connectivity index is 0. The van der Waals surface area contributed by atoms with E-state index in [2.05, 4.69) is 0 Å². The molecule has 0 spiro atoms. The summed E-state index contributed by atoms with van der Waals surface area (Å²) in [7, 11) is 0. The zero-order valence-corrected chi connectivity index (χ0v) is 10.1. The molecule has 62 valence electrons. The van der Waals surface area contributed by atoms with Crippen molar-refractivity contribution in [1.29, 1.82) is 0 Å². The van der Waals surface area contributed by atoms with Crippen LogP contribution in [-0.2, 0) is 4.74 Å². The summed E-state index contributed by atoms with van der Waals surface area (Å²) in [6.45, 7) is 6.90. The summed E-state index contributed by atoms with van der Waals surface area (Å²) in [5, 5.41) is 10.1. The molecule has 0 amide bonds. The van der Waals surface area contributed by atoms with Crippen LogP contribution in [0, 0.1) is 0 Å². The van der Waals surface area contributed by atoms with Crippen LogP contribution in [-0.4, -0.2) is 18.8 Å². The fraction of sp³-hybridized carbons (Fsp3) is 1.00. The largest absolute Gasteiger partial charge is 1.00 e. The van der Waals surface area contributed by atoms with Crippen molar-refractivity contribution in [2.24, 2.45) is 0 Å². The van der Waals surface area contributed by atoms with Crippen LogP contribution >= 0.6 is 0 Å². The van der Waals surface area contributed by atoms with Crippen molar-refractivity contribution >= 4 is 0 Å². The van der Waals surface area contributed by atoms with Crippen molar-refractivity contribution in [2.75, 3.05) is 13.2 Å². The first-order valence-electron chi connectivity index (χ1n) is 3.78. The summed E-state index contributed by atoms with van der Waals surface area (Å²) >= 11 is 0. The molecule has 0 aliphatic carbocycles. The average Bonchev–Trinajstić information content (AvgIpc) is 2.07. The van der Waals surface area contributed by atoms with Gasteiger partial charge in [-0.15, -0.1) is 5.60 Å². The molecule has 0 unspecified atom stereocenters. The maximum atomic E-state index is 10.1. The minimum Gasteiger partial charge on any atom is -0.850 e. The van der Waals surface area contributed by atoms with Gasteiger partial charge in [0.25, 0.3) is 0 Å². The average molecular weight is 168 g/mol. The second kappa shape index (κ2) is 7.56. The van der Waals surface area contributed by atoms with E-state index in [0.717, 1.165) is 13.2 Å². The van der Waals surface area contributed by atoms with Gasteiger partial charge in [-0.1, -0.05) is 20.8 Å². The maximum absolute atomic E-state index is 10.1. The summed E-state index contributed by atoms with van der Waals surface area (Å²) in [5.74, 6) is 0. The van der Waals surface area contributed by atoms with Gasteiger partial charge in [0, 0.05) is 13.2 Å². The molecule has 3 heteroatoms. The number of ether oxygens (including phenoxy) is 1. The van der Waals surface area contributed by atoms with Crippen molar-refractivity contribution < 1.29 is 39.4 Å². The molecule has 1 saturated heterocycles. The predicted octanol–water partition coefficient (Wildman–Crippen LogP) is -2.05.